The van der Waals surface area contributed by atoms with Crippen LogP contribution in [0.3, 0.4) is 0 Å². The molecule has 0 aliphatic carbocycles. The molecular formula is C20H24N4O3. The van der Waals surface area contributed by atoms with E-state index in [0.29, 0.717) is 11.4 Å². The van der Waals surface area contributed by atoms with Gasteiger partial charge in [-0.3, -0.25) is 19.8 Å². The highest BCUT2D eigenvalue weighted by atomic mass is 16.2. The molecule has 2 aromatic rings. The van der Waals surface area contributed by atoms with Crippen molar-refractivity contribution in [3.05, 3.63) is 59.2 Å². The summed E-state index contributed by atoms with van der Waals surface area (Å²) >= 11 is 0. The zero-order valence-electron chi connectivity index (χ0n) is 15.5. The van der Waals surface area contributed by atoms with Gasteiger partial charge in [-0.1, -0.05) is 30.3 Å². The molecule has 0 saturated heterocycles. The number of hydrazine groups is 1. The number of nitrogens with one attached hydrogen (secondary N) is 3. The zero-order valence-corrected chi connectivity index (χ0v) is 15.5. The molecule has 0 saturated carbocycles. The molecule has 0 aliphatic heterocycles. The summed E-state index contributed by atoms with van der Waals surface area (Å²) in [6.07, 6.45) is 1.83. The number of anilines is 2. The number of amides is 3. The Morgan fingerprint density at radius 1 is 0.778 bits per heavy atom. The van der Waals surface area contributed by atoms with Crippen LogP contribution in [0.4, 0.5) is 11.4 Å². The number of carbonyl (C=O) groups excluding carboxylic acids is 3. The second-order valence-electron chi connectivity index (χ2n) is 6.30. The zero-order chi connectivity index (χ0) is 19.8. The van der Waals surface area contributed by atoms with Crippen molar-refractivity contribution in [3.8, 4) is 0 Å². The van der Waals surface area contributed by atoms with E-state index in [-0.39, 0.29) is 24.1 Å². The van der Waals surface area contributed by atoms with Gasteiger partial charge in [0.05, 0.1) is 17.8 Å². The van der Waals surface area contributed by atoms with Crippen molar-refractivity contribution in [3.63, 3.8) is 0 Å². The van der Waals surface area contributed by atoms with E-state index in [1.807, 2.05) is 36.4 Å². The highest BCUT2D eigenvalue weighted by Crippen LogP contribution is 2.24. The lowest BCUT2D eigenvalue weighted by Gasteiger charge is -2.12. The number of hydrogen-bond donors (Lipinski definition) is 4. The lowest BCUT2D eigenvalue weighted by molar-refractivity contribution is -0.120. The largest absolute Gasteiger partial charge is 0.325 e. The summed E-state index contributed by atoms with van der Waals surface area (Å²) in [6.45, 7) is 2.85. The minimum atomic E-state index is -0.229. The molecule has 0 unspecified atom stereocenters. The van der Waals surface area contributed by atoms with Gasteiger partial charge in [-0.15, -0.1) is 0 Å². The molecule has 0 aliphatic rings. The van der Waals surface area contributed by atoms with Crippen LogP contribution in [-0.4, -0.2) is 17.7 Å². The van der Waals surface area contributed by atoms with E-state index in [1.165, 1.54) is 13.8 Å². The first-order chi connectivity index (χ1) is 12.9. The van der Waals surface area contributed by atoms with Gasteiger partial charge in [0.15, 0.2) is 0 Å². The highest BCUT2D eigenvalue weighted by Gasteiger charge is 2.08. The van der Waals surface area contributed by atoms with Crippen molar-refractivity contribution in [1.82, 2.24) is 5.43 Å². The lowest BCUT2D eigenvalue weighted by Crippen LogP contribution is -2.31. The fourth-order valence-corrected chi connectivity index (χ4v) is 2.69. The molecule has 3 amide bonds. The number of carbonyl (C=O) groups is 3. The number of aryl methyl sites for hydroxylation is 2. The van der Waals surface area contributed by atoms with Crippen LogP contribution in [0.1, 0.15) is 30.5 Å². The predicted octanol–water partition coefficient (Wildman–Crippen LogP) is 1.92. The van der Waals surface area contributed by atoms with Crippen LogP contribution in [0.25, 0.3) is 0 Å². The monoisotopic (exact) mass is 368 g/mol. The molecule has 2 rings (SSSR count). The van der Waals surface area contributed by atoms with Crippen LogP contribution in [0.15, 0.2) is 42.5 Å². The highest BCUT2D eigenvalue weighted by molar-refractivity contribution is 5.98. The van der Waals surface area contributed by atoms with Crippen LogP contribution in [0.2, 0.25) is 0 Å². The first kappa shape index (κ1) is 20.1. The maximum absolute atomic E-state index is 11.4. The van der Waals surface area contributed by atoms with E-state index in [1.54, 1.807) is 6.07 Å². The van der Waals surface area contributed by atoms with Gasteiger partial charge in [0.1, 0.15) is 0 Å². The first-order valence-electron chi connectivity index (χ1n) is 8.62. The molecule has 0 radical (unpaired) electrons. The standard InChI is InChI=1S/C20H24N4O3/c1-13(25)22-18-10-9-16(11-19(18)23-14(2)26)6-3-15-4-7-17(8-5-15)12-20(27)24-21/h4-5,7-11H,3,6,12,21H2,1-2H3,(H,22,25)(H,23,26)(H,24,27). The smallest absolute Gasteiger partial charge is 0.238 e. The summed E-state index contributed by atoms with van der Waals surface area (Å²) in [5.74, 6) is 4.47. The van der Waals surface area contributed by atoms with Crippen LogP contribution < -0.4 is 21.9 Å². The Labute approximate surface area is 158 Å². The lowest BCUT2D eigenvalue weighted by atomic mass is 10.0. The molecule has 2 aromatic carbocycles. The number of nitrogens with two attached hydrogens (primary N) is 1. The van der Waals surface area contributed by atoms with Crippen molar-refractivity contribution in [2.75, 3.05) is 10.6 Å². The average Bonchev–Trinajstić information content (AvgIpc) is 2.62. The summed E-state index contributed by atoms with van der Waals surface area (Å²) in [5, 5.41) is 5.46. The van der Waals surface area contributed by atoms with E-state index in [4.69, 9.17) is 5.84 Å². The van der Waals surface area contributed by atoms with Gasteiger partial charge in [-0.25, -0.2) is 5.84 Å². The minimum absolute atomic E-state index is 0.197. The van der Waals surface area contributed by atoms with Gasteiger partial charge in [-0.2, -0.15) is 0 Å². The molecule has 0 bridgehead atoms. The van der Waals surface area contributed by atoms with Gasteiger partial charge >= 0.3 is 0 Å². The minimum Gasteiger partial charge on any atom is -0.325 e. The topological polar surface area (TPSA) is 113 Å². The molecule has 142 valence electrons. The maximum Gasteiger partial charge on any atom is 0.238 e. The summed E-state index contributed by atoms with van der Waals surface area (Å²) in [4.78, 5) is 34.0. The summed E-state index contributed by atoms with van der Waals surface area (Å²) in [6, 6.07) is 13.4. The summed E-state index contributed by atoms with van der Waals surface area (Å²) < 4.78 is 0. The molecule has 7 heteroatoms. The Kier molecular flexibility index (Phi) is 7.08. The molecule has 0 spiro atoms. The van der Waals surface area contributed by atoms with Crippen molar-refractivity contribution >= 4 is 29.1 Å². The summed E-state index contributed by atoms with van der Waals surface area (Å²) in [5.41, 5.74) is 6.35. The van der Waals surface area contributed by atoms with Crippen LogP contribution in [0, 0.1) is 0 Å². The SMILES string of the molecule is CC(=O)Nc1ccc(CCc2ccc(CC(=O)NN)cc2)cc1NC(C)=O. The Morgan fingerprint density at radius 3 is 1.89 bits per heavy atom. The Balaban J connectivity index is 2.05. The first-order valence-corrected chi connectivity index (χ1v) is 8.62. The number of rotatable bonds is 7. The second kappa shape index (κ2) is 9.49. The molecule has 0 fully saturated rings. The normalized spacial score (nSPS) is 10.2. The van der Waals surface area contributed by atoms with Gasteiger partial charge in [-0.05, 0) is 41.7 Å². The Morgan fingerprint density at radius 2 is 1.30 bits per heavy atom. The fourth-order valence-electron chi connectivity index (χ4n) is 2.69. The van der Waals surface area contributed by atoms with Crippen molar-refractivity contribution in [1.29, 1.82) is 0 Å². The van der Waals surface area contributed by atoms with Gasteiger partial charge in [0.2, 0.25) is 17.7 Å². The quantitative estimate of drug-likeness (QED) is 0.340. The van der Waals surface area contributed by atoms with Crippen LogP contribution in [-0.2, 0) is 33.6 Å². The van der Waals surface area contributed by atoms with Crippen LogP contribution >= 0.6 is 0 Å². The number of hydrogen-bond acceptors (Lipinski definition) is 4. The molecule has 0 aromatic heterocycles. The average molecular weight is 368 g/mol. The second-order valence-corrected chi connectivity index (χ2v) is 6.30. The third kappa shape index (κ3) is 6.56. The fraction of sp³-hybridized carbons (Fsp3) is 0.250. The van der Waals surface area contributed by atoms with E-state index in [2.05, 4.69) is 16.1 Å². The third-order valence-corrected chi connectivity index (χ3v) is 3.96. The van der Waals surface area contributed by atoms with Crippen molar-refractivity contribution in [2.24, 2.45) is 5.84 Å². The maximum atomic E-state index is 11.4. The molecule has 27 heavy (non-hydrogen) atoms. The molecule has 0 heterocycles. The van der Waals surface area contributed by atoms with E-state index in [9.17, 15) is 14.4 Å². The van der Waals surface area contributed by atoms with E-state index in [0.717, 1.165) is 29.5 Å². The van der Waals surface area contributed by atoms with Crippen LogP contribution in [0.5, 0.6) is 0 Å². The molecular weight excluding hydrogens is 344 g/mol. The van der Waals surface area contributed by atoms with Gasteiger partial charge in [0, 0.05) is 13.8 Å². The van der Waals surface area contributed by atoms with Crippen molar-refractivity contribution in [2.45, 2.75) is 33.1 Å². The molecule has 5 N–H and O–H groups in total. The van der Waals surface area contributed by atoms with Gasteiger partial charge < -0.3 is 10.6 Å². The third-order valence-electron chi connectivity index (χ3n) is 3.96. The van der Waals surface area contributed by atoms with E-state index >= 15 is 0 Å². The molecule has 7 nitrogen and oxygen atoms in total. The van der Waals surface area contributed by atoms with Crippen molar-refractivity contribution < 1.29 is 14.4 Å². The summed E-state index contributed by atoms with van der Waals surface area (Å²) in [7, 11) is 0. The van der Waals surface area contributed by atoms with E-state index < -0.39 is 0 Å². The Hall–Kier alpha value is -3.19. The Bertz CT molecular complexity index is 832. The number of benzene rings is 2. The molecule has 0 atom stereocenters. The predicted molar refractivity (Wildman–Crippen MR) is 105 cm³/mol. The van der Waals surface area contributed by atoms with Gasteiger partial charge in [0.25, 0.3) is 0 Å².